The Bertz CT molecular complexity index is 383. The average Bonchev–Trinajstić information content (AvgIpc) is 2.54. The minimum absolute atomic E-state index is 0.139. The van der Waals surface area contributed by atoms with Gasteiger partial charge in [-0.25, -0.2) is 4.39 Å². The van der Waals surface area contributed by atoms with Crippen LogP contribution in [-0.4, -0.2) is 6.18 Å². The number of hydrogen-bond acceptors (Lipinski definition) is 0. The monoisotopic (exact) mass is 348 g/mol. The summed E-state index contributed by atoms with van der Waals surface area (Å²) in [5.74, 6) is 0.754. The number of alkyl halides is 3. The number of hydrogen-bond donors (Lipinski definition) is 0. The summed E-state index contributed by atoms with van der Waals surface area (Å²) in [6.45, 7) is 2.24. The Morgan fingerprint density at radius 2 is 1.42 bits per heavy atom. The van der Waals surface area contributed by atoms with Crippen molar-refractivity contribution in [2.45, 2.75) is 90.1 Å². The van der Waals surface area contributed by atoms with Gasteiger partial charge in [0, 0.05) is 5.92 Å². The summed E-state index contributed by atoms with van der Waals surface area (Å²) in [5.41, 5.74) is 0. The van der Waals surface area contributed by atoms with E-state index >= 15 is 0 Å². The minimum Gasteiger partial charge on any atom is -0.212 e. The van der Waals surface area contributed by atoms with Gasteiger partial charge in [0.05, 0.1) is 6.08 Å². The third-order valence-electron chi connectivity index (χ3n) is 6.24. The Morgan fingerprint density at radius 3 is 1.92 bits per heavy atom. The molecule has 2 aliphatic rings. The van der Waals surface area contributed by atoms with Crippen molar-refractivity contribution in [3.05, 3.63) is 11.9 Å². The second-order valence-electron chi connectivity index (χ2n) is 7.96. The maximum absolute atomic E-state index is 13.7. The fourth-order valence-corrected chi connectivity index (χ4v) is 4.77. The highest BCUT2D eigenvalue weighted by Crippen LogP contribution is 2.44. The summed E-state index contributed by atoms with van der Waals surface area (Å²) in [6, 6.07) is 0. The zero-order valence-electron chi connectivity index (χ0n) is 14.9. The van der Waals surface area contributed by atoms with Crippen LogP contribution in [0.1, 0.15) is 84.0 Å². The van der Waals surface area contributed by atoms with E-state index in [0.717, 1.165) is 24.7 Å². The molecule has 0 aromatic heterocycles. The van der Waals surface area contributed by atoms with Gasteiger partial charge in [-0.05, 0) is 56.3 Å². The Balaban J connectivity index is 1.71. The van der Waals surface area contributed by atoms with Gasteiger partial charge in [0.25, 0.3) is 0 Å². The lowest BCUT2D eigenvalue weighted by Crippen LogP contribution is -2.26. The molecule has 0 nitrogen and oxygen atoms in total. The smallest absolute Gasteiger partial charge is 0.212 e. The van der Waals surface area contributed by atoms with Gasteiger partial charge in [0.15, 0.2) is 0 Å². The van der Waals surface area contributed by atoms with Crippen molar-refractivity contribution in [2.75, 3.05) is 0 Å². The van der Waals surface area contributed by atoms with Crippen molar-refractivity contribution in [3.63, 3.8) is 0 Å². The molecule has 0 N–H and O–H groups in total. The molecule has 24 heavy (non-hydrogen) atoms. The molecule has 0 bridgehead atoms. The van der Waals surface area contributed by atoms with Crippen molar-refractivity contribution < 1.29 is 17.6 Å². The lowest BCUT2D eigenvalue weighted by Gasteiger charge is -2.37. The van der Waals surface area contributed by atoms with Crippen molar-refractivity contribution >= 4 is 0 Å². The van der Waals surface area contributed by atoms with E-state index in [-0.39, 0.29) is 6.08 Å². The molecule has 0 aromatic carbocycles. The largest absolute Gasteiger partial charge is 0.412 e. The molecular formula is C20H32F4. The van der Waals surface area contributed by atoms with Crippen LogP contribution in [0.2, 0.25) is 0 Å². The quantitative estimate of drug-likeness (QED) is 0.342. The van der Waals surface area contributed by atoms with Crippen LogP contribution in [0.15, 0.2) is 11.9 Å². The summed E-state index contributed by atoms with van der Waals surface area (Å²) in [6.07, 6.45) is 8.79. The molecule has 4 heteroatoms. The Kier molecular flexibility index (Phi) is 7.61. The molecule has 0 heterocycles. The van der Waals surface area contributed by atoms with Gasteiger partial charge in [-0.1, -0.05) is 45.4 Å². The molecule has 2 fully saturated rings. The van der Waals surface area contributed by atoms with E-state index in [0.29, 0.717) is 18.8 Å². The van der Waals surface area contributed by atoms with Crippen molar-refractivity contribution in [2.24, 2.45) is 23.7 Å². The van der Waals surface area contributed by atoms with Crippen LogP contribution in [0.5, 0.6) is 0 Å². The van der Waals surface area contributed by atoms with Gasteiger partial charge in [0.2, 0.25) is 0 Å². The number of unbranched alkanes of at least 4 members (excludes halogenated alkanes) is 2. The Labute approximate surface area is 144 Å². The van der Waals surface area contributed by atoms with Gasteiger partial charge >= 0.3 is 6.18 Å². The highest BCUT2D eigenvalue weighted by Gasteiger charge is 2.33. The maximum atomic E-state index is 13.7. The molecule has 0 spiro atoms. The summed E-state index contributed by atoms with van der Waals surface area (Å²) >= 11 is 0. The number of rotatable bonds is 6. The summed E-state index contributed by atoms with van der Waals surface area (Å²) in [4.78, 5) is 0. The maximum Gasteiger partial charge on any atom is 0.412 e. The van der Waals surface area contributed by atoms with Gasteiger partial charge in [0.1, 0.15) is 5.83 Å². The summed E-state index contributed by atoms with van der Waals surface area (Å²) in [7, 11) is 0. The van der Waals surface area contributed by atoms with E-state index in [4.69, 9.17) is 0 Å². The first-order chi connectivity index (χ1) is 11.4. The minimum atomic E-state index is -4.53. The lowest BCUT2D eigenvalue weighted by atomic mass is 9.68. The van der Waals surface area contributed by atoms with Crippen LogP contribution in [-0.2, 0) is 0 Å². The fraction of sp³-hybridized carbons (Fsp3) is 0.900. The fourth-order valence-electron chi connectivity index (χ4n) is 4.77. The predicted octanol–water partition coefficient (Wildman–Crippen LogP) is 7.60. The van der Waals surface area contributed by atoms with Gasteiger partial charge in [-0.3, -0.25) is 0 Å². The molecule has 2 aliphatic carbocycles. The first-order valence-corrected chi connectivity index (χ1v) is 9.84. The lowest BCUT2D eigenvalue weighted by molar-refractivity contribution is -0.0821. The Morgan fingerprint density at radius 1 is 0.875 bits per heavy atom. The van der Waals surface area contributed by atoms with E-state index in [9.17, 15) is 17.6 Å². The van der Waals surface area contributed by atoms with Gasteiger partial charge < -0.3 is 0 Å². The van der Waals surface area contributed by atoms with E-state index in [1.807, 2.05) is 0 Å². The highest BCUT2D eigenvalue weighted by molar-refractivity contribution is 5.03. The van der Waals surface area contributed by atoms with Crippen LogP contribution in [0.3, 0.4) is 0 Å². The third kappa shape index (κ3) is 6.40. The molecule has 2 saturated carbocycles. The molecule has 0 saturated heterocycles. The molecule has 2 rings (SSSR count). The van der Waals surface area contributed by atoms with E-state index in [2.05, 4.69) is 6.92 Å². The summed E-state index contributed by atoms with van der Waals surface area (Å²) in [5, 5.41) is 0. The average molecular weight is 348 g/mol. The highest BCUT2D eigenvalue weighted by atomic mass is 19.4. The van der Waals surface area contributed by atoms with E-state index in [1.54, 1.807) is 0 Å². The molecule has 0 aromatic rings. The zero-order chi connectivity index (χ0) is 17.6. The van der Waals surface area contributed by atoms with Crippen molar-refractivity contribution in [1.82, 2.24) is 0 Å². The Hall–Kier alpha value is -0.540. The van der Waals surface area contributed by atoms with Crippen molar-refractivity contribution in [3.8, 4) is 0 Å². The van der Waals surface area contributed by atoms with Crippen LogP contribution in [0.4, 0.5) is 17.6 Å². The SMILES string of the molecule is CCCCCC1CCC(C2CCC(C(F)=CC(F)(F)F)CC2)CC1. The molecule has 0 atom stereocenters. The molecule has 0 radical (unpaired) electrons. The predicted molar refractivity (Wildman–Crippen MR) is 90.3 cm³/mol. The molecular weight excluding hydrogens is 316 g/mol. The normalized spacial score (nSPS) is 32.8. The molecule has 140 valence electrons. The number of halogens is 4. The first kappa shape index (κ1) is 19.8. The molecule has 0 aliphatic heterocycles. The zero-order valence-corrected chi connectivity index (χ0v) is 14.9. The van der Waals surface area contributed by atoms with Crippen LogP contribution in [0.25, 0.3) is 0 Å². The summed E-state index contributed by atoms with van der Waals surface area (Å²) < 4.78 is 50.5. The van der Waals surface area contributed by atoms with Crippen LogP contribution in [0, 0.1) is 23.7 Å². The second kappa shape index (κ2) is 9.24. The number of allylic oxidation sites excluding steroid dienone is 2. The van der Waals surface area contributed by atoms with Crippen molar-refractivity contribution in [1.29, 1.82) is 0 Å². The topological polar surface area (TPSA) is 0 Å². The molecule has 0 unspecified atom stereocenters. The third-order valence-corrected chi connectivity index (χ3v) is 6.24. The standard InChI is InChI=1S/C20H32F4/c1-2-3-4-5-15-6-8-16(9-7-15)17-10-12-18(13-11-17)19(21)14-20(22,23)24/h14-18H,2-13H2,1H3. The first-order valence-electron chi connectivity index (χ1n) is 9.84. The van der Waals surface area contributed by atoms with Gasteiger partial charge in [-0.2, -0.15) is 13.2 Å². The second-order valence-corrected chi connectivity index (χ2v) is 7.96. The van der Waals surface area contributed by atoms with Crippen LogP contribution < -0.4 is 0 Å². The van der Waals surface area contributed by atoms with E-state index in [1.165, 1.54) is 51.4 Å². The van der Waals surface area contributed by atoms with Gasteiger partial charge in [-0.15, -0.1) is 0 Å². The van der Waals surface area contributed by atoms with E-state index < -0.39 is 17.9 Å². The molecule has 0 amide bonds. The van der Waals surface area contributed by atoms with Crippen LogP contribution >= 0.6 is 0 Å².